The summed E-state index contributed by atoms with van der Waals surface area (Å²) in [6, 6.07) is 7.52. The van der Waals surface area contributed by atoms with Gasteiger partial charge in [-0.3, -0.25) is 4.79 Å². The Bertz CT molecular complexity index is 292. The summed E-state index contributed by atoms with van der Waals surface area (Å²) in [6.07, 6.45) is 0. The molecule has 0 aliphatic rings. The number of nitrogens with two attached hydrogens (primary N) is 1. The van der Waals surface area contributed by atoms with Gasteiger partial charge < -0.3 is 11.1 Å². The molecule has 0 radical (unpaired) electrons. The number of carbonyl (C=O) groups is 1. The van der Waals surface area contributed by atoms with Crippen LogP contribution < -0.4 is 11.1 Å². The van der Waals surface area contributed by atoms with Crippen LogP contribution in [0.15, 0.2) is 24.3 Å². The summed E-state index contributed by atoms with van der Waals surface area (Å²) in [5, 5.41) is 2.80. The van der Waals surface area contributed by atoms with Gasteiger partial charge in [-0.15, -0.1) is 0 Å². The highest BCUT2D eigenvalue weighted by atomic mass is 16.1. The van der Waals surface area contributed by atoms with Gasteiger partial charge in [-0.1, -0.05) is 12.1 Å². The van der Waals surface area contributed by atoms with E-state index >= 15 is 0 Å². The molecule has 0 fully saturated rings. The molecule has 3 N–H and O–H groups in total. The third kappa shape index (κ3) is 2.78. The Morgan fingerprint density at radius 3 is 2.38 bits per heavy atom. The van der Waals surface area contributed by atoms with E-state index in [9.17, 15) is 4.79 Å². The monoisotopic (exact) mass is 178 g/mol. The van der Waals surface area contributed by atoms with Gasteiger partial charge in [0.05, 0.1) is 6.04 Å². The number of hydrogen-bond acceptors (Lipinski definition) is 2. The lowest BCUT2D eigenvalue weighted by Gasteiger charge is -2.12. The number of benzene rings is 1. The highest BCUT2D eigenvalue weighted by Gasteiger charge is 2.04. The predicted octanol–water partition coefficient (Wildman–Crippen LogP) is 1.47. The summed E-state index contributed by atoms with van der Waals surface area (Å²) >= 11 is 0. The van der Waals surface area contributed by atoms with Crippen LogP contribution >= 0.6 is 0 Å². The number of nitrogen functional groups attached to an aromatic ring is 1. The van der Waals surface area contributed by atoms with Gasteiger partial charge in [0, 0.05) is 12.6 Å². The molecule has 13 heavy (non-hydrogen) atoms. The zero-order valence-electron chi connectivity index (χ0n) is 7.87. The van der Waals surface area contributed by atoms with Crippen molar-refractivity contribution in [1.29, 1.82) is 0 Å². The first-order chi connectivity index (χ1) is 6.09. The average Bonchev–Trinajstić information content (AvgIpc) is 2.04. The Morgan fingerprint density at radius 1 is 1.38 bits per heavy atom. The zero-order chi connectivity index (χ0) is 9.84. The van der Waals surface area contributed by atoms with E-state index < -0.39 is 0 Å². The topological polar surface area (TPSA) is 55.1 Å². The van der Waals surface area contributed by atoms with Gasteiger partial charge in [0.1, 0.15) is 0 Å². The molecule has 0 unspecified atom stereocenters. The number of rotatable bonds is 2. The van der Waals surface area contributed by atoms with Crippen molar-refractivity contribution in [3.8, 4) is 0 Å². The second kappa shape index (κ2) is 3.94. The van der Waals surface area contributed by atoms with Gasteiger partial charge in [-0.05, 0) is 24.6 Å². The van der Waals surface area contributed by atoms with Crippen LogP contribution in [0.1, 0.15) is 25.5 Å². The second-order valence-electron chi connectivity index (χ2n) is 3.09. The molecule has 0 aliphatic carbocycles. The first-order valence-corrected chi connectivity index (χ1v) is 4.22. The molecule has 1 aromatic carbocycles. The highest BCUT2D eigenvalue weighted by Crippen LogP contribution is 2.13. The fourth-order valence-electron chi connectivity index (χ4n) is 1.17. The molecule has 0 bridgehead atoms. The van der Waals surface area contributed by atoms with Crippen molar-refractivity contribution in [2.75, 3.05) is 5.73 Å². The second-order valence-corrected chi connectivity index (χ2v) is 3.09. The SMILES string of the molecule is CC(=O)N[C@@H](C)c1ccc(N)cc1. The van der Waals surface area contributed by atoms with Crippen molar-refractivity contribution in [3.05, 3.63) is 29.8 Å². The Labute approximate surface area is 77.9 Å². The van der Waals surface area contributed by atoms with Crippen molar-refractivity contribution < 1.29 is 4.79 Å². The van der Waals surface area contributed by atoms with Gasteiger partial charge in [-0.2, -0.15) is 0 Å². The smallest absolute Gasteiger partial charge is 0.217 e. The molecule has 0 aliphatic heterocycles. The maximum Gasteiger partial charge on any atom is 0.217 e. The molecule has 0 aromatic heterocycles. The minimum Gasteiger partial charge on any atom is -0.399 e. The van der Waals surface area contributed by atoms with Gasteiger partial charge in [0.2, 0.25) is 5.91 Å². The lowest BCUT2D eigenvalue weighted by molar-refractivity contribution is -0.119. The van der Waals surface area contributed by atoms with E-state index in [1.807, 2.05) is 31.2 Å². The van der Waals surface area contributed by atoms with Crippen molar-refractivity contribution in [2.45, 2.75) is 19.9 Å². The molecule has 3 nitrogen and oxygen atoms in total. The molecular formula is C10H14N2O. The van der Waals surface area contributed by atoms with Crippen LogP contribution in [-0.4, -0.2) is 5.91 Å². The summed E-state index contributed by atoms with van der Waals surface area (Å²) in [7, 11) is 0. The molecule has 0 spiro atoms. The molecule has 70 valence electrons. The van der Waals surface area contributed by atoms with Crippen LogP contribution in [-0.2, 0) is 4.79 Å². The van der Waals surface area contributed by atoms with Crippen LogP contribution in [0.4, 0.5) is 5.69 Å². The summed E-state index contributed by atoms with van der Waals surface area (Å²) in [5.74, 6) is -0.0238. The van der Waals surface area contributed by atoms with Gasteiger partial charge in [-0.25, -0.2) is 0 Å². The first-order valence-electron chi connectivity index (χ1n) is 4.22. The average molecular weight is 178 g/mol. The minimum atomic E-state index is -0.0238. The maximum atomic E-state index is 10.8. The third-order valence-corrected chi connectivity index (χ3v) is 1.86. The van der Waals surface area contributed by atoms with E-state index in [-0.39, 0.29) is 11.9 Å². The van der Waals surface area contributed by atoms with Gasteiger partial charge in [0.15, 0.2) is 0 Å². The summed E-state index contributed by atoms with van der Waals surface area (Å²) in [5.41, 5.74) is 7.34. The third-order valence-electron chi connectivity index (χ3n) is 1.86. The summed E-state index contributed by atoms with van der Waals surface area (Å²) in [4.78, 5) is 10.8. The lowest BCUT2D eigenvalue weighted by atomic mass is 10.1. The Balaban J connectivity index is 2.71. The fourth-order valence-corrected chi connectivity index (χ4v) is 1.17. The molecule has 3 heteroatoms. The maximum absolute atomic E-state index is 10.8. The highest BCUT2D eigenvalue weighted by molar-refractivity contribution is 5.73. The first kappa shape index (κ1) is 9.58. The molecule has 0 saturated heterocycles. The standard InChI is InChI=1S/C10H14N2O/c1-7(12-8(2)13)9-3-5-10(11)6-4-9/h3-7H,11H2,1-2H3,(H,12,13)/t7-/m0/s1. The van der Waals surface area contributed by atoms with Gasteiger partial charge >= 0.3 is 0 Å². The molecule has 1 atom stereocenters. The van der Waals surface area contributed by atoms with Crippen LogP contribution in [0.2, 0.25) is 0 Å². The van der Waals surface area contributed by atoms with Crippen molar-refractivity contribution in [2.24, 2.45) is 0 Å². The van der Waals surface area contributed by atoms with Crippen LogP contribution in [0, 0.1) is 0 Å². The molecule has 0 heterocycles. The lowest BCUT2D eigenvalue weighted by Crippen LogP contribution is -2.23. The largest absolute Gasteiger partial charge is 0.399 e. The molecule has 1 aromatic rings. The van der Waals surface area contributed by atoms with Crippen molar-refractivity contribution >= 4 is 11.6 Å². The van der Waals surface area contributed by atoms with Crippen LogP contribution in [0.3, 0.4) is 0 Å². The van der Waals surface area contributed by atoms with E-state index in [2.05, 4.69) is 5.32 Å². The Hall–Kier alpha value is -1.51. The van der Waals surface area contributed by atoms with E-state index in [1.54, 1.807) is 0 Å². The number of hydrogen-bond donors (Lipinski definition) is 2. The molecule has 0 saturated carbocycles. The van der Waals surface area contributed by atoms with E-state index in [4.69, 9.17) is 5.73 Å². The van der Waals surface area contributed by atoms with E-state index in [0.29, 0.717) is 0 Å². The number of anilines is 1. The van der Waals surface area contributed by atoms with E-state index in [0.717, 1.165) is 11.3 Å². The number of amides is 1. The van der Waals surface area contributed by atoms with Gasteiger partial charge in [0.25, 0.3) is 0 Å². The number of nitrogens with one attached hydrogen (secondary N) is 1. The molecular weight excluding hydrogens is 164 g/mol. The predicted molar refractivity (Wildman–Crippen MR) is 53.1 cm³/mol. The molecule has 1 amide bonds. The quantitative estimate of drug-likeness (QED) is 0.674. The van der Waals surface area contributed by atoms with E-state index in [1.165, 1.54) is 6.92 Å². The normalized spacial score (nSPS) is 12.2. The number of carbonyl (C=O) groups excluding carboxylic acids is 1. The fraction of sp³-hybridized carbons (Fsp3) is 0.300. The van der Waals surface area contributed by atoms with Crippen LogP contribution in [0.5, 0.6) is 0 Å². The zero-order valence-corrected chi connectivity index (χ0v) is 7.87. The minimum absolute atomic E-state index is 0.0238. The Morgan fingerprint density at radius 2 is 1.92 bits per heavy atom. The summed E-state index contributed by atoms with van der Waals surface area (Å²) < 4.78 is 0. The van der Waals surface area contributed by atoms with Crippen molar-refractivity contribution in [3.63, 3.8) is 0 Å². The Kier molecular flexibility index (Phi) is 2.90. The van der Waals surface area contributed by atoms with Crippen molar-refractivity contribution in [1.82, 2.24) is 5.32 Å². The summed E-state index contributed by atoms with van der Waals surface area (Å²) in [6.45, 7) is 3.45. The van der Waals surface area contributed by atoms with Crippen LogP contribution in [0.25, 0.3) is 0 Å². The molecule has 1 rings (SSSR count).